The number of hydrogen-bond acceptors (Lipinski definition) is 7. The maximum atomic E-state index is 12.5. The van der Waals surface area contributed by atoms with E-state index >= 15 is 0 Å². The van der Waals surface area contributed by atoms with Crippen LogP contribution < -0.4 is 10.5 Å². The molecule has 4 aromatic rings. The molecule has 0 saturated heterocycles. The zero-order chi connectivity index (χ0) is 21.8. The molecule has 0 spiro atoms. The molecule has 0 radical (unpaired) electrons. The Labute approximate surface area is 178 Å². The van der Waals surface area contributed by atoms with Crippen LogP contribution in [0, 0.1) is 0 Å². The predicted molar refractivity (Wildman–Crippen MR) is 117 cm³/mol. The van der Waals surface area contributed by atoms with Gasteiger partial charge in [0.05, 0.1) is 16.0 Å². The van der Waals surface area contributed by atoms with Crippen LogP contribution in [0.25, 0.3) is 10.9 Å². The Morgan fingerprint density at radius 1 is 0.903 bits per heavy atom. The monoisotopic (exact) mass is 434 g/mol. The molecule has 1 aromatic heterocycles. The first-order valence-electron chi connectivity index (χ1n) is 9.28. The zero-order valence-corrected chi connectivity index (χ0v) is 17.0. The van der Waals surface area contributed by atoms with E-state index in [9.17, 15) is 13.2 Å². The Kier molecular flexibility index (Phi) is 5.50. The molecule has 156 valence electrons. The quantitative estimate of drug-likeness (QED) is 0.446. The number of para-hydroxylation sites is 2. The maximum absolute atomic E-state index is 12.5. The summed E-state index contributed by atoms with van der Waals surface area (Å²) in [6, 6.07) is 21.2. The molecule has 3 aromatic carbocycles. The van der Waals surface area contributed by atoms with Crippen molar-refractivity contribution in [3.8, 4) is 0 Å². The number of hydrogen-bond donors (Lipinski definition) is 2. The number of fused-ring (bicyclic) bond motifs is 1. The lowest BCUT2D eigenvalue weighted by atomic mass is 10.2. The van der Waals surface area contributed by atoms with Crippen molar-refractivity contribution in [2.75, 3.05) is 10.5 Å². The van der Waals surface area contributed by atoms with Crippen molar-refractivity contribution in [2.45, 2.75) is 11.5 Å². The van der Waals surface area contributed by atoms with Gasteiger partial charge in [-0.15, -0.1) is 0 Å². The number of ether oxygens (including phenoxy) is 1. The standard InChI is InChI=1S/C22H18N4O4S/c23-21-18-8-4-5-9-19(18)24-20(25-21)14-30-22(27)15-10-12-17(13-11-15)31(28,29)26-16-6-2-1-3-7-16/h1-13,26H,14H2,(H2,23,24,25). The minimum atomic E-state index is -3.77. The van der Waals surface area contributed by atoms with Gasteiger partial charge in [0, 0.05) is 11.1 Å². The summed E-state index contributed by atoms with van der Waals surface area (Å²) in [4.78, 5) is 20.9. The van der Waals surface area contributed by atoms with Crippen LogP contribution in [-0.2, 0) is 21.4 Å². The van der Waals surface area contributed by atoms with Crippen LogP contribution in [-0.4, -0.2) is 24.4 Å². The molecule has 0 aliphatic carbocycles. The summed E-state index contributed by atoms with van der Waals surface area (Å²) < 4.78 is 32.7. The number of esters is 1. The number of carbonyl (C=O) groups is 1. The molecule has 1 heterocycles. The fraction of sp³-hybridized carbons (Fsp3) is 0.0455. The average molecular weight is 434 g/mol. The van der Waals surface area contributed by atoms with Gasteiger partial charge in [0.15, 0.2) is 12.4 Å². The molecule has 0 atom stereocenters. The summed E-state index contributed by atoms with van der Waals surface area (Å²) in [7, 11) is -3.77. The number of nitrogens with two attached hydrogens (primary N) is 1. The van der Waals surface area contributed by atoms with E-state index in [2.05, 4.69) is 14.7 Å². The summed E-state index contributed by atoms with van der Waals surface area (Å²) >= 11 is 0. The highest BCUT2D eigenvalue weighted by Crippen LogP contribution is 2.19. The fourth-order valence-electron chi connectivity index (χ4n) is 2.92. The first-order valence-corrected chi connectivity index (χ1v) is 10.8. The Morgan fingerprint density at radius 2 is 1.58 bits per heavy atom. The van der Waals surface area contributed by atoms with Crippen LogP contribution in [0.4, 0.5) is 11.5 Å². The SMILES string of the molecule is Nc1nc(COC(=O)c2ccc(S(=O)(=O)Nc3ccccc3)cc2)nc2ccccc12. The Hall–Kier alpha value is -3.98. The normalized spacial score (nSPS) is 11.2. The number of aromatic nitrogens is 2. The topological polar surface area (TPSA) is 124 Å². The summed E-state index contributed by atoms with van der Waals surface area (Å²) in [5, 5.41) is 0.721. The van der Waals surface area contributed by atoms with Gasteiger partial charge in [0.25, 0.3) is 10.0 Å². The highest BCUT2D eigenvalue weighted by Gasteiger charge is 2.16. The number of rotatable bonds is 6. The van der Waals surface area contributed by atoms with Crippen molar-refractivity contribution < 1.29 is 17.9 Å². The van der Waals surface area contributed by atoms with Gasteiger partial charge >= 0.3 is 5.97 Å². The van der Waals surface area contributed by atoms with E-state index in [0.717, 1.165) is 5.39 Å². The third kappa shape index (κ3) is 4.62. The van der Waals surface area contributed by atoms with Crippen LogP contribution in [0.3, 0.4) is 0 Å². The highest BCUT2D eigenvalue weighted by atomic mass is 32.2. The van der Waals surface area contributed by atoms with Crippen molar-refractivity contribution in [1.29, 1.82) is 0 Å². The third-order valence-electron chi connectivity index (χ3n) is 4.44. The number of anilines is 2. The highest BCUT2D eigenvalue weighted by molar-refractivity contribution is 7.92. The molecule has 4 rings (SSSR count). The second kappa shape index (κ2) is 8.41. The van der Waals surface area contributed by atoms with Crippen LogP contribution in [0.15, 0.2) is 83.8 Å². The Morgan fingerprint density at radius 3 is 2.32 bits per heavy atom. The largest absolute Gasteiger partial charge is 0.454 e. The molecule has 0 aliphatic rings. The van der Waals surface area contributed by atoms with E-state index in [-0.39, 0.29) is 22.9 Å². The first kappa shape index (κ1) is 20.3. The number of nitrogens with one attached hydrogen (secondary N) is 1. The van der Waals surface area contributed by atoms with Gasteiger partial charge in [0.2, 0.25) is 0 Å². The van der Waals surface area contributed by atoms with E-state index < -0.39 is 16.0 Å². The molecule has 0 unspecified atom stereocenters. The number of carbonyl (C=O) groups excluding carboxylic acids is 1. The minimum absolute atomic E-state index is 0.0264. The van der Waals surface area contributed by atoms with Gasteiger partial charge in [-0.05, 0) is 48.5 Å². The van der Waals surface area contributed by atoms with Gasteiger partial charge in [-0.3, -0.25) is 4.72 Å². The van der Waals surface area contributed by atoms with E-state index in [4.69, 9.17) is 10.5 Å². The molecule has 9 heteroatoms. The number of nitrogens with zero attached hydrogens (tertiary/aromatic N) is 2. The Balaban J connectivity index is 1.44. The zero-order valence-electron chi connectivity index (χ0n) is 16.2. The maximum Gasteiger partial charge on any atom is 0.338 e. The van der Waals surface area contributed by atoms with E-state index in [1.165, 1.54) is 24.3 Å². The second-order valence-corrected chi connectivity index (χ2v) is 8.30. The molecule has 0 amide bonds. The van der Waals surface area contributed by atoms with E-state index in [1.807, 2.05) is 18.2 Å². The summed E-state index contributed by atoms with van der Waals surface area (Å²) in [5.41, 5.74) is 7.23. The molecular formula is C22H18N4O4S. The lowest BCUT2D eigenvalue weighted by Gasteiger charge is -2.09. The lowest BCUT2D eigenvalue weighted by Crippen LogP contribution is -2.13. The predicted octanol–water partition coefficient (Wildman–Crippen LogP) is 3.37. The van der Waals surface area contributed by atoms with Crippen molar-refractivity contribution in [3.05, 3.63) is 90.3 Å². The van der Waals surface area contributed by atoms with Crippen molar-refractivity contribution >= 4 is 38.4 Å². The third-order valence-corrected chi connectivity index (χ3v) is 5.83. The van der Waals surface area contributed by atoms with Crippen LogP contribution in [0.5, 0.6) is 0 Å². The number of sulfonamides is 1. The van der Waals surface area contributed by atoms with Gasteiger partial charge < -0.3 is 10.5 Å². The van der Waals surface area contributed by atoms with Crippen LogP contribution in [0.2, 0.25) is 0 Å². The van der Waals surface area contributed by atoms with Crippen molar-refractivity contribution in [2.24, 2.45) is 0 Å². The summed E-state index contributed by atoms with van der Waals surface area (Å²) in [6.07, 6.45) is 0. The van der Waals surface area contributed by atoms with Gasteiger partial charge in [0.1, 0.15) is 5.82 Å². The molecule has 31 heavy (non-hydrogen) atoms. The molecule has 0 aliphatic heterocycles. The van der Waals surface area contributed by atoms with E-state index in [0.29, 0.717) is 17.0 Å². The molecule has 8 nitrogen and oxygen atoms in total. The molecule has 3 N–H and O–H groups in total. The van der Waals surface area contributed by atoms with Gasteiger partial charge in [-0.25, -0.2) is 23.2 Å². The smallest absolute Gasteiger partial charge is 0.338 e. The fourth-order valence-corrected chi connectivity index (χ4v) is 3.98. The Bertz CT molecular complexity index is 1340. The second-order valence-electron chi connectivity index (χ2n) is 6.61. The molecule has 0 fully saturated rings. The van der Waals surface area contributed by atoms with E-state index in [1.54, 1.807) is 36.4 Å². The molecule has 0 saturated carbocycles. The molecular weight excluding hydrogens is 416 g/mol. The van der Waals surface area contributed by atoms with Crippen LogP contribution >= 0.6 is 0 Å². The minimum Gasteiger partial charge on any atom is -0.454 e. The summed E-state index contributed by atoms with van der Waals surface area (Å²) in [5.74, 6) is -0.0526. The van der Waals surface area contributed by atoms with Crippen molar-refractivity contribution in [3.63, 3.8) is 0 Å². The number of nitrogen functional groups attached to an aromatic ring is 1. The number of benzene rings is 3. The van der Waals surface area contributed by atoms with Crippen molar-refractivity contribution in [1.82, 2.24) is 9.97 Å². The molecule has 0 bridgehead atoms. The lowest BCUT2D eigenvalue weighted by molar-refractivity contribution is 0.0462. The average Bonchev–Trinajstić information content (AvgIpc) is 2.78. The summed E-state index contributed by atoms with van der Waals surface area (Å²) in [6.45, 7) is -0.163. The van der Waals surface area contributed by atoms with Gasteiger partial charge in [-0.1, -0.05) is 30.3 Å². The van der Waals surface area contributed by atoms with Gasteiger partial charge in [-0.2, -0.15) is 0 Å². The first-order chi connectivity index (χ1) is 14.9. The van der Waals surface area contributed by atoms with Crippen LogP contribution in [0.1, 0.15) is 16.2 Å².